The largest absolute Gasteiger partial charge is 0.366 e. The van der Waals surface area contributed by atoms with Gasteiger partial charge in [-0.3, -0.25) is 4.98 Å². The van der Waals surface area contributed by atoms with Crippen LogP contribution in [0.1, 0.15) is 55.1 Å². The predicted molar refractivity (Wildman–Crippen MR) is 110 cm³/mol. The van der Waals surface area contributed by atoms with Gasteiger partial charge >= 0.3 is 0 Å². The van der Waals surface area contributed by atoms with E-state index in [2.05, 4.69) is 65.7 Å². The van der Waals surface area contributed by atoms with E-state index in [9.17, 15) is 0 Å². The van der Waals surface area contributed by atoms with Crippen LogP contribution in [0.15, 0.2) is 48.8 Å². The summed E-state index contributed by atoms with van der Waals surface area (Å²) in [6, 6.07) is 6.32. The predicted octanol–water partition coefficient (Wildman–Crippen LogP) is 4.90. The van der Waals surface area contributed by atoms with E-state index in [0.29, 0.717) is 12.5 Å². The van der Waals surface area contributed by atoms with Gasteiger partial charge in [0.2, 0.25) is 0 Å². The zero-order valence-electron chi connectivity index (χ0n) is 16.1. The molecule has 3 heterocycles. The van der Waals surface area contributed by atoms with Gasteiger partial charge in [-0.1, -0.05) is 38.1 Å². The minimum absolute atomic E-state index is 0.443. The molecule has 1 aliphatic rings. The molecule has 4 rings (SSSR count). The number of hydrogen-bond acceptors (Lipinski definition) is 4. The molecule has 138 valence electrons. The molecular weight excluding hydrogens is 334 g/mol. The first-order valence-electron chi connectivity index (χ1n) is 9.53. The van der Waals surface area contributed by atoms with E-state index in [1.165, 1.54) is 5.57 Å². The summed E-state index contributed by atoms with van der Waals surface area (Å²) in [6.07, 6.45) is 12.6. The summed E-state index contributed by atoms with van der Waals surface area (Å²) in [5.41, 5.74) is 6.39. The van der Waals surface area contributed by atoms with Gasteiger partial charge in [0.1, 0.15) is 5.82 Å². The Morgan fingerprint density at radius 3 is 2.78 bits per heavy atom. The third-order valence-electron chi connectivity index (χ3n) is 4.85. The molecule has 0 aliphatic heterocycles. The highest BCUT2D eigenvalue weighted by atomic mass is 15.3. The van der Waals surface area contributed by atoms with Crippen LogP contribution < -0.4 is 5.32 Å². The maximum atomic E-state index is 4.83. The van der Waals surface area contributed by atoms with Crippen LogP contribution >= 0.6 is 0 Å². The van der Waals surface area contributed by atoms with E-state index >= 15 is 0 Å². The van der Waals surface area contributed by atoms with Gasteiger partial charge in [-0.2, -0.15) is 9.61 Å². The van der Waals surface area contributed by atoms with Gasteiger partial charge in [0.05, 0.1) is 11.9 Å². The van der Waals surface area contributed by atoms with Crippen molar-refractivity contribution in [3.63, 3.8) is 0 Å². The fourth-order valence-electron chi connectivity index (χ4n) is 3.22. The molecule has 0 atom stereocenters. The lowest BCUT2D eigenvalue weighted by Gasteiger charge is -2.13. The Morgan fingerprint density at radius 2 is 2.07 bits per heavy atom. The van der Waals surface area contributed by atoms with Crippen LogP contribution in [-0.4, -0.2) is 19.6 Å². The lowest BCUT2D eigenvalue weighted by molar-refractivity contribution is 0.818. The molecule has 1 aliphatic carbocycles. The maximum absolute atomic E-state index is 4.83. The molecule has 5 nitrogen and oxygen atoms in total. The Labute approximate surface area is 159 Å². The minimum atomic E-state index is 0.443. The van der Waals surface area contributed by atoms with Gasteiger partial charge in [-0.05, 0) is 42.9 Å². The quantitative estimate of drug-likeness (QED) is 0.704. The zero-order valence-corrected chi connectivity index (χ0v) is 16.1. The molecule has 0 amide bonds. The maximum Gasteiger partial charge on any atom is 0.160 e. The SMILES string of the molecule is Cc1cnn2c(NCc3ccc(C(C)C)nc3)cc(C3=CCCC=C3)nc12. The topological polar surface area (TPSA) is 55.1 Å². The Hall–Kier alpha value is -2.95. The molecule has 0 aromatic carbocycles. The molecule has 3 aromatic heterocycles. The van der Waals surface area contributed by atoms with E-state index in [0.717, 1.165) is 46.8 Å². The van der Waals surface area contributed by atoms with Crippen molar-refractivity contribution in [2.45, 2.75) is 46.1 Å². The molecule has 5 heteroatoms. The number of hydrogen-bond donors (Lipinski definition) is 1. The van der Waals surface area contributed by atoms with Crippen molar-refractivity contribution >= 4 is 17.0 Å². The van der Waals surface area contributed by atoms with Gasteiger partial charge in [-0.25, -0.2) is 4.98 Å². The Morgan fingerprint density at radius 1 is 1.19 bits per heavy atom. The molecule has 27 heavy (non-hydrogen) atoms. The van der Waals surface area contributed by atoms with Gasteiger partial charge in [-0.15, -0.1) is 0 Å². The highest BCUT2D eigenvalue weighted by Gasteiger charge is 2.12. The molecule has 0 unspecified atom stereocenters. The number of aryl methyl sites for hydroxylation is 1. The number of aromatic nitrogens is 4. The Bertz CT molecular complexity index is 1010. The van der Waals surface area contributed by atoms with Crippen molar-refractivity contribution in [1.29, 1.82) is 0 Å². The molecule has 0 fully saturated rings. The number of fused-ring (bicyclic) bond motifs is 1. The van der Waals surface area contributed by atoms with Crippen molar-refractivity contribution in [3.8, 4) is 0 Å². The molecular formula is C22H25N5. The minimum Gasteiger partial charge on any atom is -0.366 e. The monoisotopic (exact) mass is 359 g/mol. The average Bonchev–Trinajstić information content (AvgIpc) is 3.08. The van der Waals surface area contributed by atoms with Crippen molar-refractivity contribution in [2.75, 3.05) is 5.32 Å². The fraction of sp³-hybridized carbons (Fsp3) is 0.318. The lowest BCUT2D eigenvalue weighted by atomic mass is 10.0. The molecule has 3 aromatic rings. The molecule has 0 saturated heterocycles. The van der Waals surface area contributed by atoms with Crippen LogP contribution in [0, 0.1) is 6.92 Å². The Kier molecular flexibility index (Phi) is 4.75. The van der Waals surface area contributed by atoms with Gasteiger partial charge < -0.3 is 5.32 Å². The van der Waals surface area contributed by atoms with E-state index in [4.69, 9.17) is 4.98 Å². The van der Waals surface area contributed by atoms with Gasteiger partial charge in [0, 0.05) is 30.1 Å². The number of allylic oxidation sites excluding steroid dienone is 4. The summed E-state index contributed by atoms with van der Waals surface area (Å²) in [5.74, 6) is 1.38. The average molecular weight is 359 g/mol. The number of nitrogens with zero attached hydrogens (tertiary/aromatic N) is 4. The molecule has 0 saturated carbocycles. The second kappa shape index (κ2) is 7.35. The Balaban J connectivity index is 1.64. The van der Waals surface area contributed by atoms with Crippen molar-refractivity contribution < 1.29 is 0 Å². The summed E-state index contributed by atoms with van der Waals surface area (Å²) in [6.45, 7) is 7.05. The third kappa shape index (κ3) is 3.63. The lowest BCUT2D eigenvalue weighted by Crippen LogP contribution is -2.08. The third-order valence-corrected chi connectivity index (χ3v) is 4.85. The van der Waals surface area contributed by atoms with Crippen LogP contribution in [0.5, 0.6) is 0 Å². The van der Waals surface area contributed by atoms with Crippen molar-refractivity contribution in [3.05, 3.63) is 71.3 Å². The zero-order chi connectivity index (χ0) is 18.8. The fourth-order valence-corrected chi connectivity index (χ4v) is 3.22. The molecule has 0 bridgehead atoms. The van der Waals surface area contributed by atoms with Crippen LogP contribution in [0.25, 0.3) is 11.2 Å². The standard InChI is InChI=1S/C22H25N5/c1-15(2)19-10-9-17(13-23-19)14-24-21-11-20(18-7-5-4-6-8-18)26-22-16(3)12-25-27(21)22/h5,7-13,15,24H,4,6,14H2,1-3H3. The first-order valence-corrected chi connectivity index (χ1v) is 9.53. The van der Waals surface area contributed by atoms with Crippen LogP contribution in [-0.2, 0) is 6.54 Å². The van der Waals surface area contributed by atoms with E-state index in [-0.39, 0.29) is 0 Å². The van der Waals surface area contributed by atoms with Crippen LogP contribution in [0.2, 0.25) is 0 Å². The number of anilines is 1. The van der Waals surface area contributed by atoms with E-state index < -0.39 is 0 Å². The highest BCUT2D eigenvalue weighted by Crippen LogP contribution is 2.24. The summed E-state index contributed by atoms with van der Waals surface area (Å²) >= 11 is 0. The van der Waals surface area contributed by atoms with E-state index in [1.54, 1.807) is 0 Å². The smallest absolute Gasteiger partial charge is 0.160 e. The second-order valence-corrected chi connectivity index (χ2v) is 7.33. The summed E-state index contributed by atoms with van der Waals surface area (Å²) in [7, 11) is 0. The number of nitrogens with one attached hydrogen (secondary N) is 1. The first-order chi connectivity index (χ1) is 13.1. The van der Waals surface area contributed by atoms with Gasteiger partial charge in [0.25, 0.3) is 0 Å². The summed E-state index contributed by atoms with van der Waals surface area (Å²) in [5, 5.41) is 8.01. The number of pyridine rings is 1. The summed E-state index contributed by atoms with van der Waals surface area (Å²) in [4.78, 5) is 9.39. The highest BCUT2D eigenvalue weighted by molar-refractivity contribution is 5.75. The van der Waals surface area contributed by atoms with Crippen molar-refractivity contribution in [2.24, 2.45) is 0 Å². The number of rotatable bonds is 5. The molecule has 0 radical (unpaired) electrons. The second-order valence-electron chi connectivity index (χ2n) is 7.33. The van der Waals surface area contributed by atoms with Crippen LogP contribution in [0.3, 0.4) is 0 Å². The molecule has 1 N–H and O–H groups in total. The van der Waals surface area contributed by atoms with E-state index in [1.807, 2.05) is 23.8 Å². The molecule has 0 spiro atoms. The van der Waals surface area contributed by atoms with Gasteiger partial charge in [0.15, 0.2) is 5.65 Å². The van der Waals surface area contributed by atoms with Crippen molar-refractivity contribution in [1.82, 2.24) is 19.6 Å². The summed E-state index contributed by atoms with van der Waals surface area (Å²) < 4.78 is 1.88. The van der Waals surface area contributed by atoms with Crippen LogP contribution in [0.4, 0.5) is 5.82 Å². The normalized spacial score (nSPS) is 14.0. The first kappa shape index (κ1) is 17.5.